The van der Waals surface area contributed by atoms with Crippen molar-refractivity contribution in [2.24, 2.45) is 0 Å². The number of ether oxygens (including phenoxy) is 1. The van der Waals surface area contributed by atoms with Crippen molar-refractivity contribution in [3.63, 3.8) is 0 Å². The van der Waals surface area contributed by atoms with E-state index in [1.165, 1.54) is 41.5 Å². The van der Waals surface area contributed by atoms with Gasteiger partial charge in [0.25, 0.3) is 0 Å². The predicted octanol–water partition coefficient (Wildman–Crippen LogP) is 11.2. The van der Waals surface area contributed by atoms with Crippen LogP contribution in [0.3, 0.4) is 0 Å². The maximum Gasteiger partial charge on any atom is 1.00 e. The van der Waals surface area contributed by atoms with Gasteiger partial charge < -0.3 is 11.7 Å². The Kier molecular flexibility index (Phi) is 16.6. The Morgan fingerprint density at radius 3 is 1.09 bits per heavy atom. The molecule has 9 nitrogen and oxygen atoms in total. The molecule has 14 heteroatoms. The van der Waals surface area contributed by atoms with Crippen LogP contribution in [0.5, 0.6) is 0 Å². The van der Waals surface area contributed by atoms with Crippen molar-refractivity contribution in [1.29, 1.82) is 0 Å². The number of hydrogen-bond acceptors (Lipinski definition) is 7. The van der Waals surface area contributed by atoms with E-state index in [1.54, 1.807) is 0 Å². The predicted molar refractivity (Wildman–Crippen MR) is 263 cm³/mol. The first-order valence-corrected chi connectivity index (χ1v) is 22.5. The molecule has 1 aliphatic carbocycles. The topological polar surface area (TPSA) is 96.4 Å². The second kappa shape index (κ2) is 22.7. The van der Waals surface area contributed by atoms with Crippen LogP contribution in [-0.4, -0.2) is 52.3 Å². The summed E-state index contributed by atoms with van der Waals surface area (Å²) in [5.41, 5.74) is 9.84. The summed E-state index contributed by atoms with van der Waals surface area (Å²) in [5.74, 6) is 0.980. The second-order valence-electron chi connectivity index (χ2n) is 14.8. The molecule has 2 aliphatic rings. The Balaban J connectivity index is 0.000000160. The van der Waals surface area contributed by atoms with Crippen LogP contribution in [0.4, 0.5) is 0 Å². The zero-order valence-corrected chi connectivity index (χ0v) is 39.0. The van der Waals surface area contributed by atoms with Crippen LogP contribution in [0.15, 0.2) is 146 Å². The van der Waals surface area contributed by atoms with Crippen LogP contribution >= 0.6 is 46.4 Å². The van der Waals surface area contributed by atoms with E-state index in [0.717, 1.165) is 69.7 Å². The molecule has 1 saturated heterocycles. The summed E-state index contributed by atoms with van der Waals surface area (Å²) in [6.45, 7) is 7.72. The zero-order valence-electron chi connectivity index (χ0n) is 36.0. The molecule has 10 aromatic rings. The largest absolute Gasteiger partial charge is 1.00 e. The fourth-order valence-corrected chi connectivity index (χ4v) is 8.46. The van der Waals surface area contributed by atoms with Gasteiger partial charge in [0.15, 0.2) is 0 Å². The van der Waals surface area contributed by atoms with Crippen molar-refractivity contribution >= 4 is 90.0 Å². The molecule has 0 atom stereocenters. The van der Waals surface area contributed by atoms with E-state index in [2.05, 4.69) is 145 Å². The minimum absolute atomic E-state index is 0. The first-order chi connectivity index (χ1) is 31.3. The Morgan fingerprint density at radius 2 is 0.769 bits per heavy atom. The Hall–Kier alpha value is -5.34. The zero-order chi connectivity index (χ0) is 44.4. The van der Waals surface area contributed by atoms with E-state index in [4.69, 9.17) is 56.1 Å². The summed E-state index contributed by atoms with van der Waals surface area (Å²) in [6.07, 6.45) is 5.94. The molecule has 1 aliphatic heterocycles. The monoisotopic (exact) mass is 930 g/mol. The van der Waals surface area contributed by atoms with Gasteiger partial charge in [0.05, 0.1) is 22.1 Å². The summed E-state index contributed by atoms with van der Waals surface area (Å²) in [4.78, 5) is 24.4. The molecule has 322 valence electrons. The van der Waals surface area contributed by atoms with E-state index in [1.807, 2.05) is 48.5 Å². The summed E-state index contributed by atoms with van der Waals surface area (Å²) < 4.78 is 9.05. The Labute approximate surface area is 410 Å². The standard InChI is InChI=1S/C27H16ClN5.C13H10.C4H8O.C4H9.C3Cl3N3.Li/c28-25-29-26(32-21-13-5-1-9-17(21)18-10-2-6-14-22(18)32)31-27(30-25)33-23-15-7-3-11-19(23)20-12-4-8-16-24(20)33;1-3-7-12-10(5-1)9-11-6-2-4-8-13(11)12;1-2-4-5-3-1;1-3-4-2;4-1-7-2(5)9-3(6)8-1;/h1-16H;1-8H,9H2;1-4H2;1,3-4H2,2H3;;/q;;;-1;;+1. The van der Waals surface area contributed by atoms with Gasteiger partial charge in [0.2, 0.25) is 33.0 Å². The maximum atomic E-state index is 6.50. The molecule has 1 fully saturated rings. The van der Waals surface area contributed by atoms with E-state index >= 15 is 0 Å². The average Bonchev–Trinajstić information content (AvgIpc) is 4.14. The molecule has 0 spiro atoms. The van der Waals surface area contributed by atoms with Crippen LogP contribution < -0.4 is 18.9 Å². The molecule has 6 aromatic carbocycles. The van der Waals surface area contributed by atoms with Gasteiger partial charge in [-0.3, -0.25) is 9.13 Å². The SMILES string of the molecule is C1CCOC1.Clc1nc(-n2c3ccccc3c3ccccc32)nc(-n2c3ccccc3c3ccccc32)n1.Clc1nc(Cl)nc(Cl)n1.[CH2-]CCC.[Li+].c1ccc2c(c1)Cc1ccccc1-2. The molecule has 0 N–H and O–H groups in total. The summed E-state index contributed by atoms with van der Waals surface area (Å²) >= 11 is 22.5. The van der Waals surface area contributed by atoms with Gasteiger partial charge in [0.1, 0.15) is 0 Å². The molecule has 0 unspecified atom stereocenters. The van der Waals surface area contributed by atoms with Crippen molar-refractivity contribution in [3.05, 3.63) is 185 Å². The number of aromatic nitrogens is 8. The third kappa shape index (κ3) is 11.0. The molecule has 65 heavy (non-hydrogen) atoms. The quantitative estimate of drug-likeness (QED) is 0.129. The molecular formula is C51H43Cl4LiN8O. The number of unbranched alkanes of at least 4 members (excludes halogenated alkanes) is 1. The van der Waals surface area contributed by atoms with Crippen LogP contribution in [0.1, 0.15) is 43.7 Å². The molecule has 12 rings (SSSR count). The normalized spacial score (nSPS) is 12.1. The number of benzene rings is 6. The van der Waals surface area contributed by atoms with E-state index < -0.39 is 0 Å². The van der Waals surface area contributed by atoms with Crippen molar-refractivity contribution in [1.82, 2.24) is 39.0 Å². The molecular weight excluding hydrogens is 889 g/mol. The number of fused-ring (bicyclic) bond motifs is 9. The smallest absolute Gasteiger partial charge is 0.381 e. The van der Waals surface area contributed by atoms with Gasteiger partial charge in [0, 0.05) is 34.8 Å². The minimum atomic E-state index is 0. The number of hydrogen-bond donors (Lipinski definition) is 0. The first kappa shape index (κ1) is 47.6. The van der Waals surface area contributed by atoms with E-state index in [9.17, 15) is 0 Å². The molecule has 4 aromatic heterocycles. The number of nitrogens with zero attached hydrogens (tertiary/aromatic N) is 8. The van der Waals surface area contributed by atoms with Gasteiger partial charge >= 0.3 is 18.9 Å². The maximum absolute atomic E-state index is 6.50. The third-order valence-electron chi connectivity index (χ3n) is 10.6. The van der Waals surface area contributed by atoms with E-state index in [0.29, 0.717) is 11.9 Å². The van der Waals surface area contributed by atoms with Crippen LogP contribution in [0.25, 0.3) is 66.6 Å². The van der Waals surface area contributed by atoms with Crippen molar-refractivity contribution in [2.45, 2.75) is 39.0 Å². The summed E-state index contributed by atoms with van der Waals surface area (Å²) in [7, 11) is 0. The Bertz CT molecular complexity index is 2850. The molecule has 0 radical (unpaired) electrons. The van der Waals surface area contributed by atoms with Gasteiger partial charge in [-0.2, -0.15) is 36.3 Å². The molecule has 0 saturated carbocycles. The first-order valence-electron chi connectivity index (χ1n) is 21.0. The van der Waals surface area contributed by atoms with Gasteiger partial charge in [-0.05, 0) is 112 Å². The summed E-state index contributed by atoms with van der Waals surface area (Å²) in [6, 6.07) is 50.3. The van der Waals surface area contributed by atoms with E-state index in [-0.39, 0.29) is 40.0 Å². The van der Waals surface area contributed by atoms with Gasteiger partial charge in [-0.15, -0.1) is 0 Å². The fourth-order valence-electron chi connectivity index (χ4n) is 7.70. The molecule has 0 amide bonds. The average molecular weight is 933 g/mol. The molecule has 0 bridgehead atoms. The second-order valence-corrected chi connectivity index (χ2v) is 16.1. The third-order valence-corrected chi connectivity index (χ3v) is 11.3. The summed E-state index contributed by atoms with van der Waals surface area (Å²) in [5, 5.41) is 4.72. The number of para-hydroxylation sites is 4. The van der Waals surface area contributed by atoms with Crippen LogP contribution in [0.2, 0.25) is 21.1 Å². The van der Waals surface area contributed by atoms with Crippen molar-refractivity contribution < 1.29 is 23.6 Å². The number of halogens is 4. The van der Waals surface area contributed by atoms with Crippen molar-refractivity contribution in [2.75, 3.05) is 13.2 Å². The van der Waals surface area contributed by atoms with Crippen LogP contribution in [-0.2, 0) is 11.2 Å². The van der Waals surface area contributed by atoms with Gasteiger partial charge in [-0.1, -0.05) is 135 Å². The van der Waals surface area contributed by atoms with Gasteiger partial charge in [-0.25, -0.2) is 0 Å². The Morgan fingerprint density at radius 1 is 0.462 bits per heavy atom. The molecule has 5 heterocycles. The van der Waals surface area contributed by atoms with Crippen molar-refractivity contribution in [3.8, 4) is 23.0 Å². The number of rotatable bonds is 3. The minimum Gasteiger partial charge on any atom is -0.381 e. The van der Waals surface area contributed by atoms with Crippen LogP contribution in [0, 0.1) is 6.92 Å². The fraction of sp³-hybridized carbons (Fsp3) is 0.157.